The molecule has 7 aromatic rings. The maximum Gasteiger partial charge on any atom is 0.137 e. The van der Waals surface area contributed by atoms with E-state index in [0.717, 1.165) is 59.0 Å². The van der Waals surface area contributed by atoms with Crippen LogP contribution < -0.4 is 4.74 Å². The van der Waals surface area contributed by atoms with Gasteiger partial charge in [0.15, 0.2) is 0 Å². The van der Waals surface area contributed by atoms with Crippen LogP contribution in [-0.2, 0) is 19.3 Å². The highest BCUT2D eigenvalue weighted by Crippen LogP contribution is 2.37. The Morgan fingerprint density at radius 1 is 0.745 bits per heavy atom. The molecule has 4 aromatic carbocycles. The monoisotopic (exact) mass is 618 g/mol. The highest BCUT2D eigenvalue weighted by atomic mass is 16.5. The van der Waals surface area contributed by atoms with Crippen molar-refractivity contribution in [2.24, 2.45) is 5.92 Å². The molecule has 0 aliphatic rings. The number of fused-ring (bicyclic) bond motifs is 3. The summed E-state index contributed by atoms with van der Waals surface area (Å²) in [6.45, 7) is 11.1. The normalized spacial score (nSPS) is 11.6. The number of rotatable bonds is 10. The SMILES string of the molecule is CCc1nn(-c2cccc(Oc3ccc4c5cc(CCC(C)C)ccc5n(-c5cc(C)ccn5)c4c3)c2)c(CC)c1-c1ccccc1. The van der Waals surface area contributed by atoms with Crippen molar-refractivity contribution in [3.05, 3.63) is 132 Å². The Morgan fingerprint density at radius 2 is 1.57 bits per heavy atom. The predicted molar refractivity (Wildman–Crippen MR) is 194 cm³/mol. The number of pyridine rings is 1. The minimum absolute atomic E-state index is 0.670. The van der Waals surface area contributed by atoms with Crippen molar-refractivity contribution in [1.29, 1.82) is 0 Å². The summed E-state index contributed by atoms with van der Waals surface area (Å²) in [6.07, 6.45) is 5.87. The molecule has 0 fully saturated rings. The average Bonchev–Trinajstić information content (AvgIpc) is 3.63. The van der Waals surface area contributed by atoms with Gasteiger partial charge in [-0.1, -0.05) is 70.2 Å². The van der Waals surface area contributed by atoms with Crippen LogP contribution in [0.15, 0.2) is 109 Å². The molecule has 3 aromatic heterocycles. The molecule has 3 heterocycles. The van der Waals surface area contributed by atoms with Crippen LogP contribution in [0.3, 0.4) is 0 Å². The van der Waals surface area contributed by atoms with Gasteiger partial charge < -0.3 is 4.74 Å². The van der Waals surface area contributed by atoms with Crippen molar-refractivity contribution in [3.63, 3.8) is 0 Å². The van der Waals surface area contributed by atoms with Gasteiger partial charge in [-0.15, -0.1) is 0 Å². The topological polar surface area (TPSA) is 44.9 Å². The van der Waals surface area contributed by atoms with Gasteiger partial charge in [-0.2, -0.15) is 5.10 Å². The molecule has 236 valence electrons. The van der Waals surface area contributed by atoms with Crippen LogP contribution in [0.5, 0.6) is 11.5 Å². The number of nitrogens with zero attached hydrogens (tertiary/aromatic N) is 4. The second-order valence-corrected chi connectivity index (χ2v) is 12.8. The van der Waals surface area contributed by atoms with E-state index in [2.05, 4.69) is 129 Å². The minimum atomic E-state index is 0.670. The van der Waals surface area contributed by atoms with E-state index in [9.17, 15) is 0 Å². The molecule has 0 saturated heterocycles. The maximum absolute atomic E-state index is 6.59. The molecule has 0 unspecified atom stereocenters. The molecule has 0 aliphatic heterocycles. The van der Waals surface area contributed by atoms with Gasteiger partial charge in [0.25, 0.3) is 0 Å². The number of benzene rings is 4. The lowest BCUT2D eigenvalue weighted by Gasteiger charge is -2.12. The minimum Gasteiger partial charge on any atom is -0.457 e. The fourth-order valence-electron chi connectivity index (χ4n) is 6.66. The van der Waals surface area contributed by atoms with Gasteiger partial charge in [-0.05, 0) is 104 Å². The van der Waals surface area contributed by atoms with Crippen molar-refractivity contribution < 1.29 is 4.74 Å². The molecule has 0 bridgehead atoms. The van der Waals surface area contributed by atoms with Gasteiger partial charge in [-0.25, -0.2) is 9.67 Å². The lowest BCUT2D eigenvalue weighted by molar-refractivity contribution is 0.482. The highest BCUT2D eigenvalue weighted by Gasteiger charge is 2.19. The Hall–Kier alpha value is -5.16. The molecule has 0 spiro atoms. The summed E-state index contributed by atoms with van der Waals surface area (Å²) in [6, 6.07) is 36.3. The first kappa shape index (κ1) is 30.5. The lowest BCUT2D eigenvalue weighted by Crippen LogP contribution is -2.02. The Morgan fingerprint density at radius 3 is 2.34 bits per heavy atom. The number of hydrogen-bond donors (Lipinski definition) is 0. The Kier molecular flexibility index (Phi) is 8.38. The molecule has 0 N–H and O–H groups in total. The summed E-state index contributed by atoms with van der Waals surface area (Å²) in [5.41, 5.74) is 10.5. The predicted octanol–water partition coefficient (Wildman–Crippen LogP) is 10.8. The third-order valence-electron chi connectivity index (χ3n) is 9.03. The Labute approximate surface area is 277 Å². The van der Waals surface area contributed by atoms with Crippen molar-refractivity contribution in [3.8, 4) is 34.1 Å². The second kappa shape index (κ2) is 12.9. The van der Waals surface area contributed by atoms with Crippen LogP contribution in [0.25, 0.3) is 44.4 Å². The van der Waals surface area contributed by atoms with Crippen molar-refractivity contribution in [2.45, 2.75) is 60.3 Å². The lowest BCUT2D eigenvalue weighted by atomic mass is 10.0. The quantitative estimate of drug-likeness (QED) is 0.153. The molecule has 0 radical (unpaired) electrons. The highest BCUT2D eigenvalue weighted by molar-refractivity contribution is 6.09. The van der Waals surface area contributed by atoms with Crippen molar-refractivity contribution >= 4 is 21.8 Å². The second-order valence-electron chi connectivity index (χ2n) is 12.8. The zero-order chi connectivity index (χ0) is 32.5. The van der Waals surface area contributed by atoms with Crippen molar-refractivity contribution in [2.75, 3.05) is 0 Å². The van der Waals surface area contributed by atoms with Crippen LogP contribution >= 0.6 is 0 Å². The zero-order valence-corrected chi connectivity index (χ0v) is 28.0. The van der Waals surface area contributed by atoms with E-state index in [4.69, 9.17) is 14.8 Å². The maximum atomic E-state index is 6.59. The van der Waals surface area contributed by atoms with Gasteiger partial charge in [0, 0.05) is 34.7 Å². The fraction of sp³-hybridized carbons (Fsp3) is 0.238. The standard InChI is InChI=1S/C42H42N4O/c1-6-37-42(31-12-9-8-10-13-31)38(7-2)46(44-37)32-14-11-15-33(26-32)47-34-19-20-35-36-25-30(17-16-28(3)4)18-21-39(36)45(40(35)27-34)41-24-29(5)22-23-43-41/h8-15,18-28H,6-7,16-17H2,1-5H3. The third-order valence-corrected chi connectivity index (χ3v) is 9.03. The first-order valence-corrected chi connectivity index (χ1v) is 16.9. The molecular formula is C42H42N4O. The van der Waals surface area contributed by atoms with E-state index in [0.29, 0.717) is 5.92 Å². The Bertz CT molecular complexity index is 2190. The van der Waals surface area contributed by atoms with E-state index in [-0.39, 0.29) is 0 Å². The molecule has 0 atom stereocenters. The largest absolute Gasteiger partial charge is 0.457 e. The molecule has 47 heavy (non-hydrogen) atoms. The van der Waals surface area contributed by atoms with Crippen molar-refractivity contribution in [1.82, 2.24) is 19.3 Å². The summed E-state index contributed by atoms with van der Waals surface area (Å²) < 4.78 is 11.0. The number of aryl methyl sites for hydroxylation is 3. The third kappa shape index (κ3) is 5.94. The van der Waals surface area contributed by atoms with Crippen LogP contribution in [0.4, 0.5) is 0 Å². The smallest absolute Gasteiger partial charge is 0.137 e. The van der Waals surface area contributed by atoms with Gasteiger partial charge >= 0.3 is 0 Å². The molecular weight excluding hydrogens is 576 g/mol. The van der Waals surface area contributed by atoms with E-state index < -0.39 is 0 Å². The first-order valence-electron chi connectivity index (χ1n) is 16.9. The van der Waals surface area contributed by atoms with Crippen LogP contribution in [-0.4, -0.2) is 19.3 Å². The molecule has 5 nitrogen and oxygen atoms in total. The zero-order valence-electron chi connectivity index (χ0n) is 28.0. The summed E-state index contributed by atoms with van der Waals surface area (Å²) >= 11 is 0. The molecule has 7 rings (SSSR count). The van der Waals surface area contributed by atoms with Crippen LogP contribution in [0.2, 0.25) is 0 Å². The number of hydrogen-bond acceptors (Lipinski definition) is 3. The Balaban J connectivity index is 1.29. The van der Waals surface area contributed by atoms with Gasteiger partial charge in [0.05, 0.1) is 28.1 Å². The summed E-state index contributed by atoms with van der Waals surface area (Å²) in [7, 11) is 0. The molecule has 0 aliphatic carbocycles. The molecule has 5 heteroatoms. The van der Waals surface area contributed by atoms with Crippen LogP contribution in [0.1, 0.15) is 56.6 Å². The number of aromatic nitrogens is 4. The summed E-state index contributed by atoms with van der Waals surface area (Å²) in [5.74, 6) is 3.13. The fourth-order valence-corrected chi connectivity index (χ4v) is 6.66. The van der Waals surface area contributed by atoms with Gasteiger partial charge in [0.1, 0.15) is 17.3 Å². The molecule has 0 amide bonds. The number of ether oxygens (including phenoxy) is 1. The van der Waals surface area contributed by atoms with E-state index >= 15 is 0 Å². The van der Waals surface area contributed by atoms with E-state index in [1.807, 2.05) is 24.4 Å². The summed E-state index contributed by atoms with van der Waals surface area (Å²) in [5, 5.41) is 7.53. The van der Waals surface area contributed by atoms with Crippen LogP contribution in [0, 0.1) is 12.8 Å². The first-order chi connectivity index (χ1) is 22.9. The van der Waals surface area contributed by atoms with E-state index in [1.54, 1.807) is 0 Å². The average molecular weight is 619 g/mol. The van der Waals surface area contributed by atoms with E-state index in [1.165, 1.54) is 45.1 Å². The molecule has 0 saturated carbocycles. The van der Waals surface area contributed by atoms with Gasteiger partial charge in [0.2, 0.25) is 0 Å². The van der Waals surface area contributed by atoms with Gasteiger partial charge in [-0.3, -0.25) is 4.57 Å². The summed E-state index contributed by atoms with van der Waals surface area (Å²) in [4.78, 5) is 4.79.